The zero-order valence-electron chi connectivity index (χ0n) is 17.4. The molecule has 152 valence electrons. The molecule has 1 fully saturated rings. The number of nitrogens with two attached hydrogens (primary N) is 1. The first-order valence-electron chi connectivity index (χ1n) is 10.3. The zero-order valence-corrected chi connectivity index (χ0v) is 17.4. The van der Waals surface area contributed by atoms with Crippen LogP contribution in [0.25, 0.3) is 27.9 Å². The van der Waals surface area contributed by atoms with Crippen LogP contribution < -0.4 is 10.6 Å². The molecule has 6 nitrogen and oxygen atoms in total. The SMILES string of the molecule is Cc1cc(N)ccc1-c1cnc2c(-c3cccc(N4CCN(C)CC4)c3)cnn2c1. The lowest BCUT2D eigenvalue weighted by Gasteiger charge is -2.34. The van der Waals surface area contributed by atoms with Crippen LogP contribution in [0.2, 0.25) is 0 Å². The number of fused-ring (bicyclic) bond motifs is 1. The number of nitrogen functional groups attached to an aromatic ring is 1. The molecule has 4 aromatic rings. The van der Waals surface area contributed by atoms with Gasteiger partial charge in [0.1, 0.15) is 0 Å². The van der Waals surface area contributed by atoms with Crippen molar-refractivity contribution in [2.24, 2.45) is 0 Å². The van der Waals surface area contributed by atoms with Crippen LogP contribution in [0.1, 0.15) is 5.56 Å². The van der Waals surface area contributed by atoms with Crippen molar-refractivity contribution >= 4 is 17.0 Å². The first kappa shape index (κ1) is 18.6. The first-order valence-corrected chi connectivity index (χ1v) is 10.3. The molecule has 1 saturated heterocycles. The standard InChI is InChI=1S/C24H26N6/c1-17-12-20(25)6-7-22(17)19-14-26-24-23(15-27-30(24)16-19)18-4-3-5-21(13-18)29-10-8-28(2)9-11-29/h3-7,12-16H,8-11,25H2,1-2H3. The van der Waals surface area contributed by atoms with E-state index in [9.17, 15) is 0 Å². The second kappa shape index (κ2) is 7.46. The van der Waals surface area contributed by atoms with Gasteiger partial charge in [0.2, 0.25) is 0 Å². The van der Waals surface area contributed by atoms with Crippen LogP contribution in [0.3, 0.4) is 0 Å². The van der Waals surface area contributed by atoms with Gasteiger partial charge < -0.3 is 15.5 Å². The van der Waals surface area contributed by atoms with Crippen molar-refractivity contribution in [1.82, 2.24) is 19.5 Å². The van der Waals surface area contributed by atoms with Crippen LogP contribution in [0, 0.1) is 6.92 Å². The molecule has 2 N–H and O–H groups in total. The van der Waals surface area contributed by atoms with E-state index in [2.05, 4.69) is 53.1 Å². The molecule has 0 amide bonds. The molecule has 0 atom stereocenters. The average Bonchev–Trinajstić information content (AvgIpc) is 3.18. The van der Waals surface area contributed by atoms with Gasteiger partial charge in [0.25, 0.3) is 0 Å². The van der Waals surface area contributed by atoms with Crippen LogP contribution in [0.4, 0.5) is 11.4 Å². The number of likely N-dealkylation sites (N-methyl/N-ethyl adjacent to an activating group) is 1. The van der Waals surface area contributed by atoms with Crippen molar-refractivity contribution < 1.29 is 0 Å². The van der Waals surface area contributed by atoms with E-state index < -0.39 is 0 Å². The molecule has 1 aliphatic rings. The van der Waals surface area contributed by atoms with E-state index in [1.807, 2.05) is 41.3 Å². The number of hydrogen-bond donors (Lipinski definition) is 1. The summed E-state index contributed by atoms with van der Waals surface area (Å²) < 4.78 is 1.86. The molecule has 0 bridgehead atoms. The van der Waals surface area contributed by atoms with Crippen molar-refractivity contribution in [3.63, 3.8) is 0 Å². The number of piperazine rings is 1. The van der Waals surface area contributed by atoms with Crippen LogP contribution in [-0.4, -0.2) is 52.7 Å². The minimum absolute atomic E-state index is 0.770. The molecule has 0 spiro atoms. The maximum atomic E-state index is 5.90. The Labute approximate surface area is 176 Å². The van der Waals surface area contributed by atoms with Gasteiger partial charge in [-0.2, -0.15) is 5.10 Å². The predicted molar refractivity (Wildman–Crippen MR) is 123 cm³/mol. The van der Waals surface area contributed by atoms with E-state index in [1.165, 1.54) is 5.69 Å². The third kappa shape index (κ3) is 3.39. The lowest BCUT2D eigenvalue weighted by atomic mass is 10.0. The highest BCUT2D eigenvalue weighted by Gasteiger charge is 2.16. The number of aryl methyl sites for hydroxylation is 1. The molecule has 30 heavy (non-hydrogen) atoms. The van der Waals surface area contributed by atoms with Gasteiger partial charge in [-0.3, -0.25) is 0 Å². The van der Waals surface area contributed by atoms with Crippen molar-refractivity contribution in [3.8, 4) is 22.3 Å². The molecule has 0 unspecified atom stereocenters. The Balaban J connectivity index is 1.49. The van der Waals surface area contributed by atoms with E-state index in [1.54, 1.807) is 0 Å². The minimum atomic E-state index is 0.770. The summed E-state index contributed by atoms with van der Waals surface area (Å²) in [6, 6.07) is 14.6. The molecule has 2 aromatic heterocycles. The summed E-state index contributed by atoms with van der Waals surface area (Å²) in [4.78, 5) is 9.58. The highest BCUT2D eigenvalue weighted by Crippen LogP contribution is 2.30. The van der Waals surface area contributed by atoms with Crippen LogP contribution in [-0.2, 0) is 0 Å². The smallest absolute Gasteiger partial charge is 0.162 e. The van der Waals surface area contributed by atoms with Crippen molar-refractivity contribution in [1.29, 1.82) is 0 Å². The fourth-order valence-electron chi connectivity index (χ4n) is 4.16. The molecular weight excluding hydrogens is 372 g/mol. The van der Waals surface area contributed by atoms with Crippen molar-refractivity contribution in [2.75, 3.05) is 43.9 Å². The number of hydrogen-bond acceptors (Lipinski definition) is 5. The molecule has 5 rings (SSSR count). The minimum Gasteiger partial charge on any atom is -0.399 e. The molecular formula is C24H26N6. The number of rotatable bonds is 3. The average molecular weight is 399 g/mol. The fourth-order valence-corrected chi connectivity index (χ4v) is 4.16. The topological polar surface area (TPSA) is 62.7 Å². The Hall–Kier alpha value is -3.38. The lowest BCUT2D eigenvalue weighted by Crippen LogP contribution is -2.44. The highest BCUT2D eigenvalue weighted by atomic mass is 15.3. The number of anilines is 2. The Kier molecular flexibility index (Phi) is 4.64. The van der Waals surface area contributed by atoms with Gasteiger partial charge in [0.15, 0.2) is 5.65 Å². The van der Waals surface area contributed by atoms with E-state index in [0.29, 0.717) is 0 Å². The normalized spacial score (nSPS) is 15.1. The molecule has 2 aromatic carbocycles. The Morgan fingerprint density at radius 1 is 0.900 bits per heavy atom. The summed E-state index contributed by atoms with van der Waals surface area (Å²) >= 11 is 0. The van der Waals surface area contributed by atoms with E-state index in [0.717, 1.165) is 65.3 Å². The Morgan fingerprint density at radius 2 is 1.73 bits per heavy atom. The van der Waals surface area contributed by atoms with Gasteiger partial charge in [0.05, 0.1) is 6.20 Å². The lowest BCUT2D eigenvalue weighted by molar-refractivity contribution is 0.313. The van der Waals surface area contributed by atoms with Gasteiger partial charge in [-0.05, 0) is 54.9 Å². The van der Waals surface area contributed by atoms with E-state index in [-0.39, 0.29) is 0 Å². The summed E-state index contributed by atoms with van der Waals surface area (Å²) in [5, 5.41) is 4.59. The maximum absolute atomic E-state index is 5.90. The second-order valence-electron chi connectivity index (χ2n) is 8.08. The molecule has 0 aliphatic carbocycles. The second-order valence-corrected chi connectivity index (χ2v) is 8.08. The summed E-state index contributed by atoms with van der Waals surface area (Å²) in [6.07, 6.45) is 5.86. The summed E-state index contributed by atoms with van der Waals surface area (Å²) in [6.45, 7) is 6.36. The Bertz CT molecular complexity index is 1200. The van der Waals surface area contributed by atoms with E-state index in [4.69, 9.17) is 10.7 Å². The van der Waals surface area contributed by atoms with Gasteiger partial charge in [0, 0.05) is 61.1 Å². The molecule has 0 saturated carbocycles. The van der Waals surface area contributed by atoms with Gasteiger partial charge >= 0.3 is 0 Å². The summed E-state index contributed by atoms with van der Waals surface area (Å²) in [5.74, 6) is 0. The Morgan fingerprint density at radius 3 is 2.53 bits per heavy atom. The number of benzene rings is 2. The van der Waals surface area contributed by atoms with Crippen LogP contribution >= 0.6 is 0 Å². The monoisotopic (exact) mass is 398 g/mol. The predicted octanol–water partition coefficient (Wildman–Crippen LogP) is 3.71. The number of nitrogens with zero attached hydrogens (tertiary/aromatic N) is 5. The summed E-state index contributed by atoms with van der Waals surface area (Å²) in [7, 11) is 2.18. The molecule has 0 radical (unpaired) electrons. The first-order chi connectivity index (χ1) is 14.6. The van der Waals surface area contributed by atoms with Crippen molar-refractivity contribution in [2.45, 2.75) is 6.92 Å². The summed E-state index contributed by atoms with van der Waals surface area (Å²) in [5.41, 5.74) is 14.3. The zero-order chi connectivity index (χ0) is 20.7. The van der Waals surface area contributed by atoms with Crippen molar-refractivity contribution in [3.05, 3.63) is 66.6 Å². The largest absolute Gasteiger partial charge is 0.399 e. The van der Waals surface area contributed by atoms with Crippen LogP contribution in [0.15, 0.2) is 61.1 Å². The number of aromatic nitrogens is 3. The third-order valence-electron chi connectivity index (χ3n) is 5.94. The van der Waals surface area contributed by atoms with Gasteiger partial charge in [-0.1, -0.05) is 18.2 Å². The van der Waals surface area contributed by atoms with Gasteiger partial charge in [-0.25, -0.2) is 9.50 Å². The quantitative estimate of drug-likeness (QED) is 0.533. The molecule has 1 aliphatic heterocycles. The molecule has 3 heterocycles. The molecule has 6 heteroatoms. The fraction of sp³-hybridized carbons (Fsp3) is 0.250. The highest BCUT2D eigenvalue weighted by molar-refractivity contribution is 5.80. The third-order valence-corrected chi connectivity index (χ3v) is 5.94. The maximum Gasteiger partial charge on any atom is 0.162 e. The van der Waals surface area contributed by atoms with E-state index >= 15 is 0 Å². The van der Waals surface area contributed by atoms with Gasteiger partial charge in [-0.15, -0.1) is 0 Å². The van der Waals surface area contributed by atoms with Crippen LogP contribution in [0.5, 0.6) is 0 Å².